The highest BCUT2D eigenvalue weighted by molar-refractivity contribution is 7.10. The Labute approximate surface area is 133 Å². The van der Waals surface area contributed by atoms with Crippen molar-refractivity contribution in [2.24, 2.45) is 0 Å². The number of nitrogens with one attached hydrogen (secondary N) is 1. The highest BCUT2D eigenvalue weighted by atomic mass is 32.1. The maximum Gasteiger partial charge on any atom is 0.416 e. The number of nitrogens with zero attached hydrogens (tertiary/aromatic N) is 1. The molecule has 1 aromatic carbocycles. The molecule has 5 nitrogen and oxygen atoms in total. The van der Waals surface area contributed by atoms with Gasteiger partial charge in [0.1, 0.15) is 5.69 Å². The van der Waals surface area contributed by atoms with Crippen molar-refractivity contribution in [1.82, 2.24) is 0 Å². The van der Waals surface area contributed by atoms with E-state index in [0.717, 1.165) is 17.0 Å². The number of hydrogen-bond acceptors (Lipinski definition) is 5. The summed E-state index contributed by atoms with van der Waals surface area (Å²) in [6, 6.07) is 5.49. The standard InChI is InChI=1S/C14H13F3N2O3S/c15-14(16,17)9-3-4-10(12(8-9)19(21)22)18-11(5-6-20)13-2-1-7-23-13/h1-4,7-8,11,18,20H,5-6H2. The zero-order valence-electron chi connectivity index (χ0n) is 11.7. The number of anilines is 1. The molecule has 9 heteroatoms. The van der Waals surface area contributed by atoms with Gasteiger partial charge in [0.25, 0.3) is 5.69 Å². The average Bonchev–Trinajstić information content (AvgIpc) is 2.99. The van der Waals surface area contributed by atoms with Crippen LogP contribution < -0.4 is 5.32 Å². The van der Waals surface area contributed by atoms with Crippen LogP contribution in [0.25, 0.3) is 0 Å². The fourth-order valence-electron chi connectivity index (χ4n) is 2.07. The Morgan fingerprint density at radius 1 is 1.35 bits per heavy atom. The molecule has 0 spiro atoms. The van der Waals surface area contributed by atoms with Gasteiger partial charge in [-0.1, -0.05) is 6.07 Å². The average molecular weight is 346 g/mol. The Hall–Kier alpha value is -2.13. The zero-order chi connectivity index (χ0) is 17.0. The van der Waals surface area contributed by atoms with E-state index in [4.69, 9.17) is 5.11 Å². The van der Waals surface area contributed by atoms with Crippen LogP contribution in [-0.2, 0) is 6.18 Å². The van der Waals surface area contributed by atoms with Crippen molar-refractivity contribution in [3.63, 3.8) is 0 Å². The van der Waals surface area contributed by atoms with E-state index < -0.39 is 28.4 Å². The number of aliphatic hydroxyl groups excluding tert-OH is 1. The predicted octanol–water partition coefficient (Wildman–Crippen LogP) is 4.21. The van der Waals surface area contributed by atoms with Crippen LogP contribution in [0.2, 0.25) is 0 Å². The summed E-state index contributed by atoms with van der Waals surface area (Å²) < 4.78 is 38.1. The number of nitro benzene ring substituents is 1. The van der Waals surface area contributed by atoms with Gasteiger partial charge in [-0.05, 0) is 30.0 Å². The number of rotatable bonds is 6. The minimum atomic E-state index is -4.65. The third kappa shape index (κ3) is 4.20. The third-order valence-corrected chi connectivity index (χ3v) is 4.14. The number of halogens is 3. The van der Waals surface area contributed by atoms with Crippen LogP contribution in [0.1, 0.15) is 22.9 Å². The Balaban J connectivity index is 2.36. The molecule has 0 fully saturated rings. The number of nitro groups is 1. The van der Waals surface area contributed by atoms with Gasteiger partial charge < -0.3 is 10.4 Å². The fourth-order valence-corrected chi connectivity index (χ4v) is 2.89. The van der Waals surface area contributed by atoms with Gasteiger partial charge in [-0.15, -0.1) is 11.3 Å². The lowest BCUT2D eigenvalue weighted by molar-refractivity contribution is -0.384. The van der Waals surface area contributed by atoms with Crippen molar-refractivity contribution in [3.8, 4) is 0 Å². The number of benzene rings is 1. The fraction of sp³-hybridized carbons (Fsp3) is 0.286. The molecule has 0 aliphatic carbocycles. The normalized spacial score (nSPS) is 12.9. The number of hydrogen-bond donors (Lipinski definition) is 2. The first-order valence-corrected chi connectivity index (χ1v) is 7.47. The quantitative estimate of drug-likeness (QED) is 0.607. The summed E-state index contributed by atoms with van der Waals surface area (Å²) >= 11 is 1.39. The van der Waals surface area contributed by atoms with Crippen LogP contribution in [0, 0.1) is 10.1 Å². The van der Waals surface area contributed by atoms with Crippen molar-refractivity contribution in [2.75, 3.05) is 11.9 Å². The minimum Gasteiger partial charge on any atom is -0.396 e. The summed E-state index contributed by atoms with van der Waals surface area (Å²) in [6.07, 6.45) is -4.37. The van der Waals surface area contributed by atoms with Gasteiger partial charge in [0.15, 0.2) is 0 Å². The molecule has 0 aliphatic rings. The molecular weight excluding hydrogens is 333 g/mol. The van der Waals surface area contributed by atoms with Crippen molar-refractivity contribution in [2.45, 2.75) is 18.6 Å². The lowest BCUT2D eigenvalue weighted by atomic mass is 10.1. The second kappa shape index (κ2) is 6.97. The van der Waals surface area contributed by atoms with E-state index in [-0.39, 0.29) is 18.7 Å². The Morgan fingerprint density at radius 3 is 2.61 bits per heavy atom. The molecule has 0 radical (unpaired) electrons. The molecule has 0 saturated carbocycles. The largest absolute Gasteiger partial charge is 0.416 e. The van der Waals surface area contributed by atoms with Crippen molar-refractivity contribution in [1.29, 1.82) is 0 Å². The monoisotopic (exact) mass is 346 g/mol. The van der Waals surface area contributed by atoms with Crippen LogP contribution in [0.3, 0.4) is 0 Å². The van der Waals surface area contributed by atoms with Crippen molar-refractivity contribution < 1.29 is 23.2 Å². The van der Waals surface area contributed by atoms with Gasteiger partial charge in [0.05, 0.1) is 16.5 Å². The second-order valence-electron chi connectivity index (χ2n) is 4.71. The maximum absolute atomic E-state index is 12.7. The molecule has 0 amide bonds. The predicted molar refractivity (Wildman–Crippen MR) is 80.5 cm³/mol. The van der Waals surface area contributed by atoms with Crippen LogP contribution in [0.15, 0.2) is 35.7 Å². The summed E-state index contributed by atoms with van der Waals surface area (Å²) in [5.41, 5.74) is -1.75. The van der Waals surface area contributed by atoms with Gasteiger partial charge in [-0.2, -0.15) is 13.2 Å². The first-order chi connectivity index (χ1) is 10.8. The summed E-state index contributed by atoms with van der Waals surface area (Å²) in [5.74, 6) is 0. The maximum atomic E-state index is 12.7. The van der Waals surface area contributed by atoms with Crippen LogP contribution in [0.5, 0.6) is 0 Å². The lowest BCUT2D eigenvalue weighted by Crippen LogP contribution is -2.13. The SMILES string of the molecule is O=[N+]([O-])c1cc(C(F)(F)F)ccc1NC(CCO)c1cccs1. The second-order valence-corrected chi connectivity index (χ2v) is 5.69. The third-order valence-electron chi connectivity index (χ3n) is 3.16. The first-order valence-electron chi connectivity index (χ1n) is 6.59. The van der Waals surface area contributed by atoms with E-state index in [0.29, 0.717) is 6.07 Å². The molecule has 1 aromatic heterocycles. The molecule has 0 bridgehead atoms. The molecule has 0 saturated heterocycles. The van der Waals surface area contributed by atoms with E-state index in [9.17, 15) is 23.3 Å². The van der Waals surface area contributed by atoms with Gasteiger partial charge in [0.2, 0.25) is 0 Å². The first kappa shape index (κ1) is 17.2. The van der Waals surface area contributed by atoms with E-state index in [1.165, 1.54) is 11.3 Å². The lowest BCUT2D eigenvalue weighted by Gasteiger charge is -2.18. The molecule has 1 heterocycles. The number of thiophene rings is 1. The molecule has 2 aromatic rings. The summed E-state index contributed by atoms with van der Waals surface area (Å²) in [5, 5.41) is 24.9. The summed E-state index contributed by atoms with van der Waals surface area (Å²) in [4.78, 5) is 11.0. The van der Waals surface area contributed by atoms with Gasteiger partial charge >= 0.3 is 6.18 Å². The summed E-state index contributed by atoms with van der Waals surface area (Å²) in [7, 11) is 0. The van der Waals surface area contributed by atoms with E-state index in [2.05, 4.69) is 5.32 Å². The zero-order valence-corrected chi connectivity index (χ0v) is 12.5. The van der Waals surface area contributed by atoms with E-state index >= 15 is 0 Å². The van der Waals surface area contributed by atoms with Crippen molar-refractivity contribution in [3.05, 3.63) is 56.3 Å². The van der Waals surface area contributed by atoms with Gasteiger partial charge in [-0.25, -0.2) is 0 Å². The molecular formula is C14H13F3N2O3S. The van der Waals surface area contributed by atoms with Crippen LogP contribution in [-0.4, -0.2) is 16.6 Å². The van der Waals surface area contributed by atoms with Crippen molar-refractivity contribution >= 4 is 22.7 Å². The number of alkyl halides is 3. The number of aliphatic hydroxyl groups is 1. The Kier molecular flexibility index (Phi) is 5.22. The smallest absolute Gasteiger partial charge is 0.396 e. The molecule has 1 unspecified atom stereocenters. The van der Waals surface area contributed by atoms with Gasteiger partial charge in [-0.3, -0.25) is 10.1 Å². The Bertz CT molecular complexity index is 674. The van der Waals surface area contributed by atoms with Crippen LogP contribution in [0.4, 0.5) is 24.5 Å². The van der Waals surface area contributed by atoms with E-state index in [1.54, 1.807) is 12.1 Å². The van der Waals surface area contributed by atoms with Gasteiger partial charge in [0, 0.05) is 17.6 Å². The minimum absolute atomic E-state index is 0.0187. The molecule has 2 rings (SSSR count). The summed E-state index contributed by atoms with van der Waals surface area (Å²) in [6.45, 7) is -0.163. The Morgan fingerprint density at radius 2 is 2.09 bits per heavy atom. The molecule has 2 N–H and O–H groups in total. The highest BCUT2D eigenvalue weighted by Gasteiger charge is 2.33. The van der Waals surface area contributed by atoms with Crippen LogP contribution >= 0.6 is 11.3 Å². The highest BCUT2D eigenvalue weighted by Crippen LogP contribution is 2.37. The molecule has 0 aliphatic heterocycles. The van der Waals surface area contributed by atoms with E-state index in [1.807, 2.05) is 5.38 Å². The molecule has 124 valence electrons. The molecule has 23 heavy (non-hydrogen) atoms. The topological polar surface area (TPSA) is 75.4 Å². The molecule has 1 atom stereocenters.